The maximum absolute atomic E-state index is 14.4. The Hall–Kier alpha value is -3.90. The van der Waals surface area contributed by atoms with Gasteiger partial charge in [-0.1, -0.05) is 52.9 Å². The smallest absolute Gasteiger partial charge is 0.289 e. The summed E-state index contributed by atoms with van der Waals surface area (Å²) < 4.78 is 0. The predicted octanol–water partition coefficient (Wildman–Crippen LogP) is 2.06. The second-order valence-electron chi connectivity index (χ2n) is 14.4. The lowest BCUT2D eigenvalue weighted by Crippen LogP contribution is -2.60. The molecular formula is C35H51N7O6. The standard InChI is InChI=1S/C35H51N7O6/c1-4-9-25(30(43)34(47)38-23-14-15-23)39-33(46)29-24-13-8-12-22(24)19-42(29)35(48)27(20(2)3)40-32(45)28(21-10-6-5-7-11-21)41-31(44)26-18-36-16-17-37-26/h16-18,20-25,27-29H,4-15,19H2,1-3H3,(H,38,47)(H,39,46)(H,40,45)(H,41,44)/t22-,24-,25?,27-,28+,29-/m0/s1. The summed E-state index contributed by atoms with van der Waals surface area (Å²) >= 11 is 0. The van der Waals surface area contributed by atoms with E-state index in [0.717, 1.165) is 64.2 Å². The van der Waals surface area contributed by atoms with Crippen LogP contribution >= 0.6 is 0 Å². The molecule has 0 bridgehead atoms. The number of carbonyl (C=O) groups excluding carboxylic acids is 6. The van der Waals surface area contributed by atoms with E-state index in [1.54, 1.807) is 4.90 Å². The first-order chi connectivity index (χ1) is 23.1. The number of fused-ring (bicyclic) bond motifs is 1. The number of hydrogen-bond donors (Lipinski definition) is 4. The molecule has 1 aliphatic heterocycles. The van der Waals surface area contributed by atoms with Crippen LogP contribution in [0, 0.1) is 23.7 Å². The molecule has 4 fully saturated rings. The molecule has 1 saturated heterocycles. The van der Waals surface area contributed by atoms with Gasteiger partial charge in [0, 0.05) is 25.0 Å². The van der Waals surface area contributed by atoms with E-state index in [2.05, 4.69) is 31.2 Å². The minimum Gasteiger partial charge on any atom is -0.347 e. The first kappa shape index (κ1) is 35.4. The van der Waals surface area contributed by atoms with Gasteiger partial charge in [0.1, 0.15) is 23.8 Å². The van der Waals surface area contributed by atoms with Crippen molar-refractivity contribution in [2.75, 3.05) is 6.54 Å². The van der Waals surface area contributed by atoms with Crippen LogP contribution in [-0.4, -0.2) is 86.9 Å². The van der Waals surface area contributed by atoms with Gasteiger partial charge >= 0.3 is 0 Å². The zero-order valence-electron chi connectivity index (χ0n) is 28.4. The quantitative estimate of drug-likeness (QED) is 0.218. The number of nitrogens with one attached hydrogen (secondary N) is 4. The van der Waals surface area contributed by atoms with Gasteiger partial charge in [-0.25, -0.2) is 4.98 Å². The Labute approximate surface area is 282 Å². The van der Waals surface area contributed by atoms with Crippen molar-refractivity contribution >= 4 is 35.3 Å². The number of hydrogen-bond acceptors (Lipinski definition) is 8. The average Bonchev–Trinajstić information content (AvgIpc) is 3.65. The Bertz CT molecular complexity index is 1350. The van der Waals surface area contributed by atoms with Crippen molar-refractivity contribution in [2.24, 2.45) is 23.7 Å². The molecule has 4 aliphatic rings. The molecule has 1 aromatic rings. The normalized spacial score (nSPS) is 24.2. The Morgan fingerprint density at radius 2 is 1.65 bits per heavy atom. The van der Waals surface area contributed by atoms with Crippen molar-refractivity contribution in [3.8, 4) is 0 Å². The minimum atomic E-state index is -0.978. The molecule has 262 valence electrons. The maximum Gasteiger partial charge on any atom is 0.289 e. The zero-order valence-corrected chi connectivity index (χ0v) is 28.4. The number of Topliss-reactive ketones (excluding diaryl/α,β-unsaturated/α-hetero) is 1. The van der Waals surface area contributed by atoms with Crippen LogP contribution in [0.2, 0.25) is 0 Å². The minimum absolute atomic E-state index is 0.0165. The van der Waals surface area contributed by atoms with Crippen molar-refractivity contribution < 1.29 is 28.8 Å². The number of amides is 5. The fraction of sp³-hybridized carbons (Fsp3) is 0.714. The molecule has 13 heteroatoms. The van der Waals surface area contributed by atoms with Crippen LogP contribution in [0.25, 0.3) is 0 Å². The average molecular weight is 666 g/mol. The molecule has 0 spiro atoms. The largest absolute Gasteiger partial charge is 0.347 e. The fourth-order valence-corrected chi connectivity index (χ4v) is 7.76. The van der Waals surface area contributed by atoms with Crippen molar-refractivity contribution in [1.29, 1.82) is 0 Å². The number of likely N-dealkylation sites (tertiary alicyclic amines) is 1. The molecular weight excluding hydrogens is 614 g/mol. The van der Waals surface area contributed by atoms with Gasteiger partial charge in [-0.15, -0.1) is 0 Å². The summed E-state index contributed by atoms with van der Waals surface area (Å²) in [4.78, 5) is 90.8. The van der Waals surface area contributed by atoms with Gasteiger partial charge in [0.2, 0.25) is 23.5 Å². The Morgan fingerprint density at radius 3 is 2.29 bits per heavy atom. The topological polar surface area (TPSA) is 180 Å². The van der Waals surface area contributed by atoms with E-state index >= 15 is 0 Å². The Kier molecular flexibility index (Phi) is 11.8. The predicted molar refractivity (Wildman–Crippen MR) is 176 cm³/mol. The molecule has 1 aromatic heterocycles. The summed E-state index contributed by atoms with van der Waals surface area (Å²) in [5.41, 5.74) is 0.102. The molecule has 3 saturated carbocycles. The lowest BCUT2D eigenvalue weighted by atomic mass is 9.83. The lowest BCUT2D eigenvalue weighted by molar-refractivity contribution is -0.145. The zero-order chi connectivity index (χ0) is 34.4. The van der Waals surface area contributed by atoms with Crippen molar-refractivity contribution in [3.63, 3.8) is 0 Å². The highest BCUT2D eigenvalue weighted by Gasteiger charge is 2.51. The van der Waals surface area contributed by atoms with E-state index in [4.69, 9.17) is 0 Å². The molecule has 6 atom stereocenters. The lowest BCUT2D eigenvalue weighted by Gasteiger charge is -2.35. The van der Waals surface area contributed by atoms with Crippen LogP contribution in [0.1, 0.15) is 108 Å². The highest BCUT2D eigenvalue weighted by atomic mass is 16.2. The molecule has 2 heterocycles. The number of rotatable bonds is 14. The Balaban J connectivity index is 1.33. The third kappa shape index (κ3) is 8.38. The maximum atomic E-state index is 14.4. The summed E-state index contributed by atoms with van der Waals surface area (Å²) in [5.74, 6) is -3.45. The molecule has 5 rings (SSSR count). The summed E-state index contributed by atoms with van der Waals surface area (Å²) in [6, 6.07) is -3.58. The van der Waals surface area contributed by atoms with E-state index in [1.165, 1.54) is 18.6 Å². The highest BCUT2D eigenvalue weighted by molar-refractivity contribution is 6.38. The van der Waals surface area contributed by atoms with Gasteiger partial charge in [0.05, 0.1) is 12.2 Å². The molecule has 13 nitrogen and oxygen atoms in total. The van der Waals surface area contributed by atoms with Crippen LogP contribution in [0.5, 0.6) is 0 Å². The van der Waals surface area contributed by atoms with E-state index < -0.39 is 53.6 Å². The molecule has 0 radical (unpaired) electrons. The first-order valence-electron chi connectivity index (χ1n) is 17.9. The number of carbonyl (C=O) groups is 6. The summed E-state index contributed by atoms with van der Waals surface area (Å²) in [5, 5.41) is 11.4. The second-order valence-corrected chi connectivity index (χ2v) is 14.4. The fourth-order valence-electron chi connectivity index (χ4n) is 7.76. The highest BCUT2D eigenvalue weighted by Crippen LogP contribution is 2.43. The van der Waals surface area contributed by atoms with Crippen LogP contribution < -0.4 is 21.3 Å². The van der Waals surface area contributed by atoms with Gasteiger partial charge in [0.25, 0.3) is 11.8 Å². The third-order valence-electron chi connectivity index (χ3n) is 10.5. The Morgan fingerprint density at radius 1 is 0.896 bits per heavy atom. The van der Waals surface area contributed by atoms with Crippen LogP contribution in [0.4, 0.5) is 0 Å². The van der Waals surface area contributed by atoms with E-state index in [0.29, 0.717) is 19.4 Å². The molecule has 0 aromatic carbocycles. The van der Waals surface area contributed by atoms with Crippen LogP contribution in [0.15, 0.2) is 18.6 Å². The van der Waals surface area contributed by atoms with E-state index in [1.807, 2.05) is 20.8 Å². The monoisotopic (exact) mass is 665 g/mol. The SMILES string of the molecule is CCCC(NC(=O)[C@@H]1[C@H]2CCC[C@H]2CN1C(=O)[C@@H](NC(=O)[C@H](NC(=O)c1cnccn1)C1CCCCC1)C(C)C)C(=O)C(=O)NC1CC1. The summed E-state index contributed by atoms with van der Waals surface area (Å²) in [6.45, 7) is 5.95. The van der Waals surface area contributed by atoms with E-state index in [9.17, 15) is 28.8 Å². The van der Waals surface area contributed by atoms with Crippen LogP contribution in [-0.2, 0) is 24.0 Å². The van der Waals surface area contributed by atoms with Gasteiger partial charge in [-0.2, -0.15) is 0 Å². The third-order valence-corrected chi connectivity index (χ3v) is 10.5. The van der Waals surface area contributed by atoms with Gasteiger partial charge in [-0.3, -0.25) is 33.8 Å². The summed E-state index contributed by atoms with van der Waals surface area (Å²) in [7, 11) is 0. The first-order valence-corrected chi connectivity index (χ1v) is 17.9. The van der Waals surface area contributed by atoms with Gasteiger partial charge < -0.3 is 26.2 Å². The molecule has 48 heavy (non-hydrogen) atoms. The second kappa shape index (κ2) is 16.0. The molecule has 4 N–H and O–H groups in total. The van der Waals surface area contributed by atoms with Crippen molar-refractivity contribution in [2.45, 2.75) is 128 Å². The number of aromatic nitrogens is 2. The van der Waals surface area contributed by atoms with E-state index in [-0.39, 0.29) is 41.3 Å². The van der Waals surface area contributed by atoms with Crippen molar-refractivity contribution in [1.82, 2.24) is 36.1 Å². The van der Waals surface area contributed by atoms with Crippen LogP contribution in [0.3, 0.4) is 0 Å². The molecule has 3 aliphatic carbocycles. The van der Waals surface area contributed by atoms with Crippen molar-refractivity contribution in [3.05, 3.63) is 24.3 Å². The summed E-state index contributed by atoms with van der Waals surface area (Å²) in [6.07, 6.45) is 13.9. The van der Waals surface area contributed by atoms with Gasteiger partial charge in [0.15, 0.2) is 0 Å². The molecule has 1 unspecified atom stereocenters. The number of nitrogens with zero attached hydrogens (tertiary/aromatic N) is 3. The van der Waals surface area contributed by atoms with Gasteiger partial charge in [-0.05, 0) is 68.6 Å². The number of ketones is 1. The molecule has 5 amide bonds.